The number of hydrogen-bond acceptors (Lipinski definition) is 6. The van der Waals surface area contributed by atoms with E-state index in [9.17, 15) is 4.79 Å². The first-order valence-corrected chi connectivity index (χ1v) is 7.88. The van der Waals surface area contributed by atoms with E-state index in [4.69, 9.17) is 16.3 Å². The van der Waals surface area contributed by atoms with E-state index in [2.05, 4.69) is 20.2 Å². The normalized spacial score (nSPS) is 11.6. The summed E-state index contributed by atoms with van der Waals surface area (Å²) in [6.45, 7) is 4.69. The molecule has 0 saturated heterocycles. The van der Waals surface area contributed by atoms with Gasteiger partial charge in [0.05, 0.1) is 35.3 Å². The van der Waals surface area contributed by atoms with Crippen LogP contribution in [0, 0.1) is 0 Å². The maximum absolute atomic E-state index is 12.1. The van der Waals surface area contributed by atoms with Crippen molar-refractivity contribution in [2.75, 3.05) is 6.61 Å². The summed E-state index contributed by atoms with van der Waals surface area (Å²) in [6, 6.07) is 0. The van der Waals surface area contributed by atoms with E-state index in [0.717, 1.165) is 11.0 Å². The Bertz CT molecular complexity index is 1100. The van der Waals surface area contributed by atoms with Crippen molar-refractivity contribution in [3.05, 3.63) is 29.3 Å². The highest BCUT2D eigenvalue weighted by Gasteiger charge is 2.20. The van der Waals surface area contributed by atoms with Crippen molar-refractivity contribution >= 4 is 45.2 Å². The van der Waals surface area contributed by atoms with Gasteiger partial charge >= 0.3 is 5.97 Å². The molecule has 0 amide bonds. The molecule has 0 aliphatic heterocycles. The van der Waals surface area contributed by atoms with E-state index in [-0.39, 0.29) is 17.3 Å². The van der Waals surface area contributed by atoms with Crippen LogP contribution < -0.4 is 0 Å². The van der Waals surface area contributed by atoms with Crippen molar-refractivity contribution in [2.24, 2.45) is 0 Å². The second-order valence-electron chi connectivity index (χ2n) is 5.13. The van der Waals surface area contributed by atoms with Crippen molar-refractivity contribution in [1.82, 2.24) is 29.4 Å². The predicted octanol–water partition coefficient (Wildman–Crippen LogP) is 2.48. The average Bonchev–Trinajstić information content (AvgIpc) is 3.18. The van der Waals surface area contributed by atoms with Crippen LogP contribution in [0.5, 0.6) is 0 Å². The van der Waals surface area contributed by atoms with Crippen molar-refractivity contribution in [3.63, 3.8) is 0 Å². The fraction of sp³-hybridized carbons (Fsp3) is 0.267. The van der Waals surface area contributed by atoms with E-state index in [1.54, 1.807) is 28.5 Å². The lowest BCUT2D eigenvalue weighted by molar-refractivity contribution is 0.0528. The zero-order valence-corrected chi connectivity index (χ0v) is 13.8. The van der Waals surface area contributed by atoms with Gasteiger partial charge in [-0.2, -0.15) is 10.2 Å². The summed E-state index contributed by atoms with van der Waals surface area (Å²) in [4.78, 5) is 20.8. The summed E-state index contributed by atoms with van der Waals surface area (Å²) in [5.41, 5.74) is 2.06. The number of halogens is 1. The third-order valence-electron chi connectivity index (χ3n) is 3.81. The number of rotatable bonds is 3. The van der Waals surface area contributed by atoms with Crippen LogP contribution in [0.3, 0.4) is 0 Å². The predicted molar refractivity (Wildman–Crippen MR) is 88.2 cm³/mol. The Morgan fingerprint density at radius 1 is 1.17 bits per heavy atom. The van der Waals surface area contributed by atoms with Crippen molar-refractivity contribution in [1.29, 1.82) is 0 Å². The Balaban J connectivity index is 2.13. The molecule has 4 heterocycles. The molecule has 0 fully saturated rings. The van der Waals surface area contributed by atoms with Crippen LogP contribution in [-0.4, -0.2) is 41.9 Å². The second kappa shape index (κ2) is 5.41. The van der Waals surface area contributed by atoms with Gasteiger partial charge in [0.25, 0.3) is 0 Å². The summed E-state index contributed by atoms with van der Waals surface area (Å²) in [6.07, 6.45) is 4.80. The van der Waals surface area contributed by atoms with Crippen LogP contribution in [0.25, 0.3) is 27.6 Å². The molecule has 0 aliphatic carbocycles. The molecule has 0 aliphatic rings. The number of esters is 1. The quantitative estimate of drug-likeness (QED) is 0.419. The fourth-order valence-corrected chi connectivity index (χ4v) is 2.96. The largest absolute Gasteiger partial charge is 0.462 e. The Kier molecular flexibility index (Phi) is 3.34. The molecule has 4 rings (SSSR count). The van der Waals surface area contributed by atoms with Gasteiger partial charge < -0.3 is 4.74 Å². The molecule has 0 spiro atoms. The third-order valence-corrected chi connectivity index (χ3v) is 4.10. The smallest absolute Gasteiger partial charge is 0.343 e. The van der Waals surface area contributed by atoms with E-state index in [1.807, 2.05) is 6.92 Å². The molecule has 8 nitrogen and oxygen atoms in total. The van der Waals surface area contributed by atoms with Gasteiger partial charge in [-0.3, -0.25) is 0 Å². The van der Waals surface area contributed by atoms with Gasteiger partial charge in [-0.25, -0.2) is 24.0 Å². The summed E-state index contributed by atoms with van der Waals surface area (Å²) in [5.74, 6) is -0.482. The Morgan fingerprint density at radius 3 is 2.75 bits per heavy atom. The molecular formula is C15H13ClN6O2. The molecule has 0 N–H and O–H groups in total. The number of ether oxygens (including phenoxy) is 1. The molecule has 0 atom stereocenters. The SMILES string of the molecule is CCOC(=O)c1cnn2c1nc(Cl)c1cnc3c(cnn3CC)c12. The Morgan fingerprint density at radius 2 is 2.00 bits per heavy atom. The standard InChI is InChI=1S/C15H13ClN6O2/c1-3-21-13-9(6-18-21)11-8(5-17-13)12(16)20-14-10(7-19-22(11)14)15(23)24-4-2/h5-7H,3-4H2,1-2H3. The number of aromatic nitrogens is 6. The lowest BCUT2D eigenvalue weighted by Gasteiger charge is -2.06. The molecule has 0 aromatic carbocycles. The van der Waals surface area contributed by atoms with Crippen LogP contribution in [0.15, 0.2) is 18.6 Å². The molecule has 0 bridgehead atoms. The molecule has 0 radical (unpaired) electrons. The topological polar surface area (TPSA) is 87.2 Å². The molecule has 122 valence electrons. The van der Waals surface area contributed by atoms with Crippen molar-refractivity contribution < 1.29 is 9.53 Å². The van der Waals surface area contributed by atoms with Crippen LogP contribution >= 0.6 is 11.6 Å². The Labute approximate surface area is 141 Å². The Hall–Kier alpha value is -2.74. The highest BCUT2D eigenvalue weighted by atomic mass is 35.5. The summed E-state index contributed by atoms with van der Waals surface area (Å²) in [5, 5.41) is 10.3. The van der Waals surface area contributed by atoms with Gasteiger partial charge in [0.2, 0.25) is 0 Å². The van der Waals surface area contributed by atoms with E-state index in [0.29, 0.717) is 23.1 Å². The number of fused-ring (bicyclic) bond motifs is 5. The lowest BCUT2D eigenvalue weighted by atomic mass is 10.2. The number of hydrogen-bond donors (Lipinski definition) is 0. The second-order valence-corrected chi connectivity index (χ2v) is 5.49. The number of carbonyl (C=O) groups excluding carboxylic acids is 1. The monoisotopic (exact) mass is 344 g/mol. The summed E-state index contributed by atoms with van der Waals surface area (Å²) < 4.78 is 8.42. The maximum atomic E-state index is 12.1. The molecule has 4 aromatic heterocycles. The summed E-state index contributed by atoms with van der Waals surface area (Å²) in [7, 11) is 0. The first-order valence-electron chi connectivity index (χ1n) is 7.50. The number of carbonyl (C=O) groups is 1. The number of nitrogens with zero attached hydrogens (tertiary/aromatic N) is 6. The van der Waals surface area contributed by atoms with Gasteiger partial charge in [-0.05, 0) is 13.8 Å². The minimum absolute atomic E-state index is 0.252. The molecular weight excluding hydrogens is 332 g/mol. The van der Waals surface area contributed by atoms with Crippen LogP contribution in [0.1, 0.15) is 24.2 Å². The van der Waals surface area contributed by atoms with E-state index >= 15 is 0 Å². The lowest BCUT2D eigenvalue weighted by Crippen LogP contribution is -2.05. The minimum atomic E-state index is -0.482. The third kappa shape index (κ3) is 1.96. The first kappa shape index (κ1) is 14.8. The molecule has 0 unspecified atom stereocenters. The zero-order chi connectivity index (χ0) is 16.8. The highest BCUT2D eigenvalue weighted by molar-refractivity contribution is 6.35. The number of aryl methyl sites for hydroxylation is 1. The summed E-state index contributed by atoms with van der Waals surface area (Å²) >= 11 is 6.32. The molecule has 0 saturated carbocycles. The van der Waals surface area contributed by atoms with Gasteiger partial charge in [0.15, 0.2) is 11.3 Å². The van der Waals surface area contributed by atoms with Gasteiger partial charge in [0.1, 0.15) is 10.7 Å². The minimum Gasteiger partial charge on any atom is -0.462 e. The van der Waals surface area contributed by atoms with E-state index in [1.165, 1.54) is 6.20 Å². The van der Waals surface area contributed by atoms with Crippen LogP contribution in [-0.2, 0) is 11.3 Å². The van der Waals surface area contributed by atoms with Crippen LogP contribution in [0.4, 0.5) is 0 Å². The molecule has 4 aromatic rings. The van der Waals surface area contributed by atoms with Crippen molar-refractivity contribution in [3.8, 4) is 0 Å². The number of pyridine rings is 1. The van der Waals surface area contributed by atoms with Gasteiger partial charge in [0, 0.05) is 12.7 Å². The molecule has 24 heavy (non-hydrogen) atoms. The fourth-order valence-electron chi connectivity index (χ4n) is 2.74. The van der Waals surface area contributed by atoms with Crippen molar-refractivity contribution in [2.45, 2.75) is 20.4 Å². The zero-order valence-electron chi connectivity index (χ0n) is 13.0. The van der Waals surface area contributed by atoms with E-state index < -0.39 is 5.97 Å². The average molecular weight is 345 g/mol. The maximum Gasteiger partial charge on any atom is 0.343 e. The van der Waals surface area contributed by atoms with Gasteiger partial charge in [-0.15, -0.1) is 0 Å². The van der Waals surface area contributed by atoms with Gasteiger partial charge in [-0.1, -0.05) is 11.6 Å². The highest BCUT2D eigenvalue weighted by Crippen LogP contribution is 2.29. The first-order chi connectivity index (χ1) is 11.7. The molecule has 9 heteroatoms. The van der Waals surface area contributed by atoms with Crippen LogP contribution in [0.2, 0.25) is 5.15 Å².